The van der Waals surface area contributed by atoms with Gasteiger partial charge in [0.2, 0.25) is 5.91 Å². The largest absolute Gasteiger partial charge is 0.467 e. The second-order valence-electron chi connectivity index (χ2n) is 11.1. The molecule has 4 bridgehead atoms. The molecule has 2 aromatic carbocycles. The molecule has 200 valence electrons. The standard InChI is InChI=1S/C28H30N2O7S/c31-25(29-28-10-17-5-18(11-28)7-19(6-17)12-28)15-38-24-4-2-1-3-23(24)27(32)36-14-21-9-22(30(33)34)8-20-13-35-16-37-26(20)21/h1-4,8-9,17-19H,5-7,10-16H2,(H,29,31). The minimum Gasteiger partial charge on any atom is -0.467 e. The molecule has 0 unspecified atom stereocenters. The molecular weight excluding hydrogens is 508 g/mol. The van der Waals surface area contributed by atoms with E-state index >= 15 is 0 Å². The number of esters is 1. The SMILES string of the molecule is O=C(CSc1ccccc1C(=O)OCc1cc([N+](=O)[O-])cc2c1OCOC2)NC12CC3CC(CC(C3)C1)C2. The Hall–Kier alpha value is -3.11. The molecule has 9 nitrogen and oxygen atoms in total. The van der Waals surface area contributed by atoms with Crippen molar-refractivity contribution in [2.45, 2.75) is 62.2 Å². The van der Waals surface area contributed by atoms with Crippen LogP contribution in [-0.2, 0) is 27.5 Å². The Labute approximate surface area is 224 Å². The molecule has 0 saturated heterocycles. The maximum atomic E-state index is 13.0. The van der Waals surface area contributed by atoms with E-state index in [4.69, 9.17) is 14.2 Å². The van der Waals surface area contributed by atoms with Crippen molar-refractivity contribution in [1.29, 1.82) is 0 Å². The molecule has 1 amide bonds. The first-order chi connectivity index (χ1) is 18.4. The number of rotatable bonds is 8. The van der Waals surface area contributed by atoms with Gasteiger partial charge >= 0.3 is 5.97 Å². The number of nitro groups is 1. The number of nitrogens with one attached hydrogen (secondary N) is 1. The summed E-state index contributed by atoms with van der Waals surface area (Å²) in [5.41, 5.74) is 1.13. The molecule has 0 atom stereocenters. The molecule has 0 spiro atoms. The van der Waals surface area contributed by atoms with Crippen LogP contribution in [0.15, 0.2) is 41.3 Å². The normalized spacial score (nSPS) is 26.8. The van der Waals surface area contributed by atoms with E-state index in [0.717, 1.165) is 37.0 Å². The van der Waals surface area contributed by atoms with Crippen LogP contribution in [0.25, 0.3) is 0 Å². The van der Waals surface area contributed by atoms with E-state index < -0.39 is 10.9 Å². The lowest BCUT2D eigenvalue weighted by atomic mass is 9.53. The van der Waals surface area contributed by atoms with Crippen molar-refractivity contribution in [3.63, 3.8) is 0 Å². The summed E-state index contributed by atoms with van der Waals surface area (Å²) in [6.45, 7) is 0.0215. The quantitative estimate of drug-likeness (QED) is 0.216. The van der Waals surface area contributed by atoms with Gasteiger partial charge in [0.25, 0.3) is 5.69 Å². The van der Waals surface area contributed by atoms with Crippen LogP contribution < -0.4 is 10.1 Å². The van der Waals surface area contributed by atoms with Crippen LogP contribution in [0.4, 0.5) is 5.69 Å². The van der Waals surface area contributed by atoms with E-state index in [1.807, 2.05) is 6.07 Å². The number of nitrogens with zero attached hydrogens (tertiary/aromatic N) is 1. The van der Waals surface area contributed by atoms with E-state index in [2.05, 4.69) is 5.32 Å². The zero-order valence-corrected chi connectivity index (χ0v) is 21.8. The number of amides is 1. The highest BCUT2D eigenvalue weighted by Crippen LogP contribution is 2.55. The predicted octanol–water partition coefficient (Wildman–Crippen LogP) is 5.00. The predicted molar refractivity (Wildman–Crippen MR) is 139 cm³/mol. The number of non-ortho nitro benzene ring substituents is 1. The van der Waals surface area contributed by atoms with E-state index in [9.17, 15) is 19.7 Å². The lowest BCUT2D eigenvalue weighted by molar-refractivity contribution is -0.385. The van der Waals surface area contributed by atoms with Crippen LogP contribution in [0.3, 0.4) is 0 Å². The summed E-state index contributed by atoms with van der Waals surface area (Å²) in [7, 11) is 0. The lowest BCUT2D eigenvalue weighted by Crippen LogP contribution is -2.60. The fraction of sp³-hybridized carbons (Fsp3) is 0.500. The molecule has 0 radical (unpaired) electrons. The first-order valence-corrected chi connectivity index (χ1v) is 14.1. The van der Waals surface area contributed by atoms with Crippen LogP contribution in [0.1, 0.15) is 60.0 Å². The van der Waals surface area contributed by atoms with Crippen LogP contribution in [0, 0.1) is 27.9 Å². The molecular formula is C28H30N2O7S. The Bertz CT molecular complexity index is 1240. The third kappa shape index (κ3) is 5.11. The molecule has 1 N–H and O–H groups in total. The number of carbonyl (C=O) groups excluding carboxylic acids is 2. The Morgan fingerprint density at radius 1 is 1.11 bits per heavy atom. The summed E-state index contributed by atoms with van der Waals surface area (Å²) in [5, 5.41) is 14.7. The summed E-state index contributed by atoms with van der Waals surface area (Å²) < 4.78 is 16.3. The number of fused-ring (bicyclic) bond motifs is 1. The van der Waals surface area contributed by atoms with E-state index in [-0.39, 0.29) is 42.9 Å². The van der Waals surface area contributed by atoms with Gasteiger partial charge in [0.05, 0.1) is 22.8 Å². The first-order valence-electron chi connectivity index (χ1n) is 13.1. The van der Waals surface area contributed by atoms with Gasteiger partial charge in [-0.05, 0) is 68.4 Å². The summed E-state index contributed by atoms with van der Waals surface area (Å²) in [5.74, 6) is 2.35. The Morgan fingerprint density at radius 2 is 1.82 bits per heavy atom. The Balaban J connectivity index is 1.10. The maximum absolute atomic E-state index is 13.0. The average molecular weight is 539 g/mol. The number of carbonyl (C=O) groups is 2. The van der Waals surface area contributed by atoms with Gasteiger partial charge in [0.15, 0.2) is 6.79 Å². The highest BCUT2D eigenvalue weighted by Gasteiger charge is 2.51. The molecule has 4 fully saturated rings. The summed E-state index contributed by atoms with van der Waals surface area (Å²) in [4.78, 5) is 37.5. The van der Waals surface area contributed by atoms with E-state index in [1.165, 1.54) is 43.2 Å². The van der Waals surface area contributed by atoms with Gasteiger partial charge in [-0.2, -0.15) is 0 Å². The molecule has 38 heavy (non-hydrogen) atoms. The molecule has 1 aliphatic heterocycles. The van der Waals surface area contributed by atoms with Gasteiger partial charge in [-0.15, -0.1) is 11.8 Å². The topological polar surface area (TPSA) is 117 Å². The number of benzene rings is 2. The van der Waals surface area contributed by atoms with Gasteiger partial charge in [0, 0.05) is 33.7 Å². The smallest absolute Gasteiger partial charge is 0.339 e. The summed E-state index contributed by atoms with van der Waals surface area (Å²) in [6.07, 6.45) is 7.23. The summed E-state index contributed by atoms with van der Waals surface area (Å²) >= 11 is 1.32. The fourth-order valence-corrected chi connectivity index (χ4v) is 8.05. The van der Waals surface area contributed by atoms with E-state index in [0.29, 0.717) is 27.3 Å². The van der Waals surface area contributed by atoms with Crippen molar-refractivity contribution < 1.29 is 28.7 Å². The minimum atomic E-state index is -0.568. The van der Waals surface area contributed by atoms with Crippen LogP contribution in [0.5, 0.6) is 5.75 Å². The number of thioether (sulfide) groups is 1. The second kappa shape index (κ2) is 10.2. The van der Waals surface area contributed by atoms with Crippen LogP contribution in [-0.4, -0.2) is 34.9 Å². The molecule has 4 aliphatic carbocycles. The summed E-state index contributed by atoms with van der Waals surface area (Å²) in [6, 6.07) is 9.78. The van der Waals surface area contributed by atoms with Crippen molar-refractivity contribution in [3.8, 4) is 5.75 Å². The second-order valence-corrected chi connectivity index (χ2v) is 12.1. The Morgan fingerprint density at radius 3 is 2.53 bits per heavy atom. The van der Waals surface area contributed by atoms with Gasteiger partial charge in [-0.25, -0.2) is 4.79 Å². The third-order valence-corrected chi connectivity index (χ3v) is 9.32. The molecule has 0 aromatic heterocycles. The van der Waals surface area contributed by atoms with Gasteiger partial charge in [0.1, 0.15) is 12.4 Å². The molecule has 4 saturated carbocycles. The molecule has 2 aromatic rings. The molecule has 10 heteroatoms. The monoisotopic (exact) mass is 538 g/mol. The Kier molecular flexibility index (Phi) is 6.77. The highest BCUT2D eigenvalue weighted by molar-refractivity contribution is 8.00. The van der Waals surface area contributed by atoms with Gasteiger partial charge in [-0.3, -0.25) is 14.9 Å². The lowest BCUT2D eigenvalue weighted by Gasteiger charge is -2.56. The number of hydrogen-bond acceptors (Lipinski definition) is 8. The van der Waals surface area contributed by atoms with Crippen LogP contribution in [0.2, 0.25) is 0 Å². The molecule has 1 heterocycles. The zero-order valence-electron chi connectivity index (χ0n) is 21.0. The van der Waals surface area contributed by atoms with Crippen molar-refractivity contribution in [3.05, 3.63) is 63.2 Å². The average Bonchev–Trinajstić information content (AvgIpc) is 2.89. The number of ether oxygens (including phenoxy) is 3. The van der Waals surface area contributed by atoms with Gasteiger partial charge < -0.3 is 19.5 Å². The number of hydrogen-bond donors (Lipinski definition) is 1. The van der Waals surface area contributed by atoms with Crippen molar-refractivity contribution >= 4 is 29.3 Å². The third-order valence-electron chi connectivity index (χ3n) is 8.25. The fourth-order valence-electron chi connectivity index (χ4n) is 7.21. The number of nitro benzene ring substituents is 1. The van der Waals surface area contributed by atoms with Crippen molar-refractivity contribution in [1.82, 2.24) is 5.32 Å². The van der Waals surface area contributed by atoms with Gasteiger partial charge in [-0.1, -0.05) is 12.1 Å². The van der Waals surface area contributed by atoms with Crippen molar-refractivity contribution in [2.75, 3.05) is 12.5 Å². The minimum absolute atomic E-state index is 0.00251. The molecule has 7 rings (SSSR count). The van der Waals surface area contributed by atoms with Crippen molar-refractivity contribution in [2.24, 2.45) is 17.8 Å². The zero-order chi connectivity index (χ0) is 26.3. The molecule has 5 aliphatic rings. The highest BCUT2D eigenvalue weighted by atomic mass is 32.2. The van der Waals surface area contributed by atoms with E-state index in [1.54, 1.807) is 18.2 Å². The van der Waals surface area contributed by atoms with Crippen LogP contribution >= 0.6 is 11.8 Å². The maximum Gasteiger partial charge on any atom is 0.339 e. The first kappa shape index (κ1) is 25.2.